The molecule has 0 unspecified atom stereocenters. The lowest BCUT2D eigenvalue weighted by Crippen LogP contribution is -2.44. The number of hydrogen-bond acceptors (Lipinski definition) is 4. The zero-order chi connectivity index (χ0) is 18.0. The van der Waals surface area contributed by atoms with Crippen LogP contribution in [-0.2, 0) is 14.9 Å². The van der Waals surface area contributed by atoms with Gasteiger partial charge in [-0.3, -0.25) is 4.79 Å². The number of nitrogens with one attached hydrogen (secondary N) is 1. The highest BCUT2D eigenvalue weighted by molar-refractivity contribution is 6.34. The van der Waals surface area contributed by atoms with E-state index in [1.807, 2.05) is 30.3 Å². The van der Waals surface area contributed by atoms with Crippen molar-refractivity contribution >= 4 is 23.2 Å². The van der Waals surface area contributed by atoms with Gasteiger partial charge in [0.05, 0.1) is 16.1 Å². The number of fused-ring (bicyclic) bond motifs is 1. The minimum absolute atomic E-state index is 0.0782. The summed E-state index contributed by atoms with van der Waals surface area (Å²) in [6.07, 6.45) is 1.26. The maximum atomic E-state index is 13.3. The molecule has 0 atom stereocenters. The number of halogens is 1. The normalized spacial score (nSPS) is 18.2. The van der Waals surface area contributed by atoms with Crippen LogP contribution in [0.5, 0.6) is 11.5 Å². The van der Waals surface area contributed by atoms with Gasteiger partial charge in [0.2, 0.25) is 5.91 Å². The third kappa shape index (κ3) is 3.13. The molecule has 0 aliphatic carbocycles. The Morgan fingerprint density at radius 2 is 1.62 bits per heavy atom. The number of ether oxygens (including phenoxy) is 3. The van der Waals surface area contributed by atoms with E-state index in [9.17, 15) is 4.79 Å². The first-order chi connectivity index (χ1) is 12.7. The minimum Gasteiger partial charge on any atom is -0.486 e. The molecule has 26 heavy (non-hydrogen) atoms. The molecule has 0 spiro atoms. The van der Waals surface area contributed by atoms with Crippen LogP contribution in [0.2, 0.25) is 5.02 Å². The summed E-state index contributed by atoms with van der Waals surface area (Å²) in [4.78, 5) is 13.3. The van der Waals surface area contributed by atoms with Gasteiger partial charge < -0.3 is 19.5 Å². The molecule has 2 aliphatic rings. The van der Waals surface area contributed by atoms with Crippen molar-refractivity contribution < 1.29 is 19.0 Å². The fraction of sp³-hybridized carbons (Fsp3) is 0.350. The van der Waals surface area contributed by atoms with Gasteiger partial charge in [-0.05, 0) is 18.4 Å². The Morgan fingerprint density at radius 1 is 0.962 bits per heavy atom. The topological polar surface area (TPSA) is 56.8 Å². The first kappa shape index (κ1) is 17.2. The number of benzene rings is 2. The molecule has 0 radical (unpaired) electrons. The van der Waals surface area contributed by atoms with Crippen molar-refractivity contribution in [3.05, 3.63) is 53.1 Å². The molecule has 5 nitrogen and oxygen atoms in total. The predicted octanol–water partition coefficient (Wildman–Crippen LogP) is 3.80. The molecule has 2 aromatic carbocycles. The molecule has 0 aromatic heterocycles. The summed E-state index contributed by atoms with van der Waals surface area (Å²) in [5.41, 5.74) is 0.896. The fourth-order valence-corrected chi connectivity index (χ4v) is 3.73. The van der Waals surface area contributed by atoms with Crippen LogP contribution in [0.25, 0.3) is 0 Å². The van der Waals surface area contributed by atoms with E-state index in [1.54, 1.807) is 12.1 Å². The molecule has 4 rings (SSSR count). The quantitative estimate of drug-likeness (QED) is 0.889. The second kappa shape index (κ2) is 7.17. The van der Waals surface area contributed by atoms with Gasteiger partial charge in [-0.15, -0.1) is 0 Å². The smallest absolute Gasteiger partial charge is 0.235 e. The third-order valence-corrected chi connectivity index (χ3v) is 5.30. The van der Waals surface area contributed by atoms with Crippen molar-refractivity contribution in [3.8, 4) is 11.5 Å². The summed E-state index contributed by atoms with van der Waals surface area (Å²) >= 11 is 6.36. The third-order valence-electron chi connectivity index (χ3n) is 4.99. The largest absolute Gasteiger partial charge is 0.486 e. The van der Waals surface area contributed by atoms with Gasteiger partial charge in [-0.1, -0.05) is 41.9 Å². The van der Waals surface area contributed by atoms with Gasteiger partial charge in [-0.25, -0.2) is 0 Å². The summed E-state index contributed by atoms with van der Waals surface area (Å²) in [7, 11) is 0. The molecule has 2 aliphatic heterocycles. The van der Waals surface area contributed by atoms with Crippen molar-refractivity contribution in [2.24, 2.45) is 0 Å². The molecule has 1 fully saturated rings. The zero-order valence-electron chi connectivity index (χ0n) is 14.3. The Morgan fingerprint density at radius 3 is 2.31 bits per heavy atom. The Labute approximate surface area is 157 Å². The van der Waals surface area contributed by atoms with Gasteiger partial charge >= 0.3 is 0 Å². The summed E-state index contributed by atoms with van der Waals surface area (Å²) in [6.45, 7) is 2.08. The molecule has 1 amide bonds. The number of carbonyl (C=O) groups is 1. The molecule has 6 heteroatoms. The molecule has 0 saturated carbocycles. The first-order valence-corrected chi connectivity index (χ1v) is 9.11. The van der Waals surface area contributed by atoms with Crippen LogP contribution in [0, 0.1) is 0 Å². The lowest BCUT2D eigenvalue weighted by atomic mass is 9.73. The average molecular weight is 374 g/mol. The monoisotopic (exact) mass is 373 g/mol. The number of carbonyl (C=O) groups excluding carboxylic acids is 1. The van der Waals surface area contributed by atoms with Gasteiger partial charge in [0.1, 0.15) is 13.2 Å². The Balaban J connectivity index is 1.65. The van der Waals surface area contributed by atoms with Crippen LogP contribution >= 0.6 is 11.6 Å². The van der Waals surface area contributed by atoms with E-state index in [1.165, 1.54) is 0 Å². The molecular formula is C20H20ClNO4. The van der Waals surface area contributed by atoms with E-state index >= 15 is 0 Å². The van der Waals surface area contributed by atoms with E-state index in [0.717, 1.165) is 5.56 Å². The van der Waals surface area contributed by atoms with E-state index < -0.39 is 5.41 Å². The van der Waals surface area contributed by atoms with Gasteiger partial charge in [0.25, 0.3) is 0 Å². The van der Waals surface area contributed by atoms with E-state index in [-0.39, 0.29) is 5.91 Å². The SMILES string of the molecule is O=C(Nc1cc2c(cc1Cl)OCCO2)C1(c2ccccc2)CCOCC1. The molecule has 0 bridgehead atoms. The van der Waals surface area contributed by atoms with Gasteiger partial charge in [-0.2, -0.15) is 0 Å². The highest BCUT2D eigenvalue weighted by Gasteiger charge is 2.41. The summed E-state index contributed by atoms with van der Waals surface area (Å²) in [5.74, 6) is 1.12. The van der Waals surface area contributed by atoms with E-state index in [4.69, 9.17) is 25.8 Å². The summed E-state index contributed by atoms with van der Waals surface area (Å²) in [6, 6.07) is 13.3. The number of rotatable bonds is 3. The Hall–Kier alpha value is -2.24. The van der Waals surface area contributed by atoms with Crippen LogP contribution in [0.4, 0.5) is 5.69 Å². The van der Waals surface area contributed by atoms with Gasteiger partial charge in [0, 0.05) is 25.3 Å². The molecular weight excluding hydrogens is 354 g/mol. The van der Waals surface area contributed by atoms with Crippen LogP contribution in [0.15, 0.2) is 42.5 Å². The van der Waals surface area contributed by atoms with Crippen LogP contribution in [0.3, 0.4) is 0 Å². The number of amides is 1. The van der Waals surface area contributed by atoms with Crippen molar-refractivity contribution in [2.75, 3.05) is 31.7 Å². The van der Waals surface area contributed by atoms with E-state index in [2.05, 4.69) is 5.32 Å². The lowest BCUT2D eigenvalue weighted by molar-refractivity contribution is -0.125. The predicted molar refractivity (Wildman–Crippen MR) is 99.2 cm³/mol. The Kier molecular flexibility index (Phi) is 4.74. The van der Waals surface area contributed by atoms with E-state index in [0.29, 0.717) is 61.5 Å². The molecule has 2 aromatic rings. The summed E-state index contributed by atoms with van der Waals surface area (Å²) < 4.78 is 16.6. The minimum atomic E-state index is -0.629. The zero-order valence-corrected chi connectivity index (χ0v) is 15.1. The van der Waals surface area contributed by atoms with Crippen molar-refractivity contribution in [3.63, 3.8) is 0 Å². The lowest BCUT2D eigenvalue weighted by Gasteiger charge is -2.36. The number of anilines is 1. The fourth-order valence-electron chi connectivity index (χ4n) is 3.53. The second-order valence-electron chi connectivity index (χ2n) is 6.49. The van der Waals surface area contributed by atoms with Crippen molar-refractivity contribution in [1.29, 1.82) is 0 Å². The maximum absolute atomic E-state index is 13.3. The van der Waals surface area contributed by atoms with Crippen molar-refractivity contribution in [2.45, 2.75) is 18.3 Å². The number of hydrogen-bond donors (Lipinski definition) is 1. The van der Waals surface area contributed by atoms with Gasteiger partial charge in [0.15, 0.2) is 11.5 Å². The second-order valence-corrected chi connectivity index (χ2v) is 6.90. The first-order valence-electron chi connectivity index (χ1n) is 8.73. The molecule has 136 valence electrons. The average Bonchev–Trinajstić information content (AvgIpc) is 2.69. The van der Waals surface area contributed by atoms with Crippen LogP contribution in [0.1, 0.15) is 18.4 Å². The highest BCUT2D eigenvalue weighted by atomic mass is 35.5. The maximum Gasteiger partial charge on any atom is 0.235 e. The van der Waals surface area contributed by atoms with Crippen molar-refractivity contribution in [1.82, 2.24) is 0 Å². The molecule has 1 saturated heterocycles. The Bertz CT molecular complexity index is 803. The van der Waals surface area contributed by atoms with Crippen LogP contribution < -0.4 is 14.8 Å². The summed E-state index contributed by atoms with van der Waals surface area (Å²) in [5, 5.41) is 3.44. The standard InChI is InChI=1S/C20H20ClNO4/c21-15-12-17-18(26-11-10-25-17)13-16(15)22-19(23)20(6-8-24-9-7-20)14-4-2-1-3-5-14/h1-5,12-13H,6-11H2,(H,22,23). The highest BCUT2D eigenvalue weighted by Crippen LogP contribution is 2.40. The molecule has 1 N–H and O–H groups in total. The van der Waals surface area contributed by atoms with Crippen LogP contribution in [-0.4, -0.2) is 32.3 Å². The molecule has 2 heterocycles.